The van der Waals surface area contributed by atoms with Gasteiger partial charge in [0.2, 0.25) is 0 Å². The second-order valence-corrected chi connectivity index (χ2v) is 6.51. The molecule has 7 nitrogen and oxygen atoms in total. The van der Waals surface area contributed by atoms with Crippen molar-refractivity contribution in [1.82, 2.24) is 25.8 Å². The van der Waals surface area contributed by atoms with E-state index in [0.29, 0.717) is 10.7 Å². The van der Waals surface area contributed by atoms with Crippen LogP contribution in [-0.2, 0) is 0 Å². The standard InChI is InChI=1S/C19H18ClN5O2/c1-11-8-9-16(12(2)10-11)25-23-13(3)17(24-25)19(27)22-21-18(26)14-6-4-5-7-15(14)20/h4-10H,1-3H3,(H,21,26)(H,22,27). The first-order chi connectivity index (χ1) is 12.9. The molecule has 3 rings (SSSR count). The van der Waals surface area contributed by atoms with E-state index in [1.807, 2.05) is 32.0 Å². The molecule has 8 heteroatoms. The third-order valence-electron chi connectivity index (χ3n) is 3.97. The quantitative estimate of drug-likeness (QED) is 0.680. The minimum Gasteiger partial charge on any atom is -0.267 e. The zero-order chi connectivity index (χ0) is 19.6. The van der Waals surface area contributed by atoms with Gasteiger partial charge in [-0.15, -0.1) is 5.10 Å². The van der Waals surface area contributed by atoms with Gasteiger partial charge in [0.05, 0.1) is 22.0 Å². The highest BCUT2D eigenvalue weighted by Crippen LogP contribution is 2.16. The summed E-state index contributed by atoms with van der Waals surface area (Å²) in [6.45, 7) is 5.63. The lowest BCUT2D eigenvalue weighted by atomic mass is 10.1. The van der Waals surface area contributed by atoms with E-state index < -0.39 is 11.8 Å². The summed E-state index contributed by atoms with van der Waals surface area (Å²) in [7, 11) is 0. The first-order valence-corrected chi connectivity index (χ1v) is 8.61. The Morgan fingerprint density at radius 1 is 0.963 bits per heavy atom. The zero-order valence-corrected chi connectivity index (χ0v) is 15.8. The fraction of sp³-hybridized carbons (Fsp3) is 0.158. The molecule has 3 aromatic rings. The van der Waals surface area contributed by atoms with Gasteiger partial charge < -0.3 is 0 Å². The van der Waals surface area contributed by atoms with E-state index in [2.05, 4.69) is 21.0 Å². The van der Waals surface area contributed by atoms with E-state index in [0.717, 1.165) is 16.8 Å². The molecule has 138 valence electrons. The summed E-state index contributed by atoms with van der Waals surface area (Å²) >= 11 is 5.97. The molecule has 0 radical (unpaired) electrons. The van der Waals surface area contributed by atoms with Gasteiger partial charge >= 0.3 is 0 Å². The number of aryl methyl sites for hydroxylation is 3. The smallest absolute Gasteiger partial charge is 0.267 e. The number of nitrogens with zero attached hydrogens (tertiary/aromatic N) is 3. The lowest BCUT2D eigenvalue weighted by molar-refractivity contribution is 0.0843. The van der Waals surface area contributed by atoms with Crippen LogP contribution < -0.4 is 10.9 Å². The van der Waals surface area contributed by atoms with E-state index in [4.69, 9.17) is 11.6 Å². The molecule has 2 N–H and O–H groups in total. The van der Waals surface area contributed by atoms with Crippen molar-refractivity contribution in [3.63, 3.8) is 0 Å². The zero-order valence-electron chi connectivity index (χ0n) is 15.1. The number of aromatic nitrogens is 3. The molecule has 2 amide bonds. The van der Waals surface area contributed by atoms with Gasteiger partial charge in [-0.3, -0.25) is 20.4 Å². The van der Waals surface area contributed by atoms with Crippen LogP contribution in [0.25, 0.3) is 5.69 Å². The maximum absolute atomic E-state index is 12.4. The van der Waals surface area contributed by atoms with Crippen LogP contribution in [0.1, 0.15) is 37.7 Å². The Hall–Kier alpha value is -3.19. The third kappa shape index (κ3) is 3.98. The average Bonchev–Trinajstić information content (AvgIpc) is 3.01. The molecule has 0 unspecified atom stereocenters. The highest BCUT2D eigenvalue weighted by atomic mass is 35.5. The fourth-order valence-corrected chi connectivity index (χ4v) is 2.83. The average molecular weight is 384 g/mol. The van der Waals surface area contributed by atoms with Crippen molar-refractivity contribution in [2.45, 2.75) is 20.8 Å². The lowest BCUT2D eigenvalue weighted by Crippen LogP contribution is -2.42. The van der Waals surface area contributed by atoms with Gasteiger partial charge in [-0.1, -0.05) is 41.4 Å². The lowest BCUT2D eigenvalue weighted by Gasteiger charge is -2.07. The molecule has 0 aliphatic heterocycles. The van der Waals surface area contributed by atoms with Crippen LogP contribution in [-0.4, -0.2) is 26.8 Å². The molecule has 0 saturated carbocycles. The second-order valence-electron chi connectivity index (χ2n) is 6.10. The number of nitrogens with one attached hydrogen (secondary N) is 2. The Morgan fingerprint density at radius 3 is 2.37 bits per heavy atom. The predicted octanol–water partition coefficient (Wildman–Crippen LogP) is 2.92. The molecule has 1 aromatic heterocycles. The molecule has 0 aliphatic carbocycles. The highest BCUT2D eigenvalue weighted by Gasteiger charge is 2.18. The summed E-state index contributed by atoms with van der Waals surface area (Å²) in [5.74, 6) is -1.09. The summed E-state index contributed by atoms with van der Waals surface area (Å²) in [5.41, 5.74) is 8.39. The van der Waals surface area contributed by atoms with Crippen molar-refractivity contribution in [3.8, 4) is 5.69 Å². The fourth-order valence-electron chi connectivity index (χ4n) is 2.61. The number of benzene rings is 2. The molecule has 1 heterocycles. The van der Waals surface area contributed by atoms with Crippen molar-refractivity contribution in [3.05, 3.63) is 75.6 Å². The summed E-state index contributed by atoms with van der Waals surface area (Å²) in [4.78, 5) is 25.9. The van der Waals surface area contributed by atoms with Gasteiger partial charge in [-0.2, -0.15) is 9.90 Å². The van der Waals surface area contributed by atoms with Gasteiger partial charge in [-0.25, -0.2) is 0 Å². The molecule has 0 spiro atoms. The third-order valence-corrected chi connectivity index (χ3v) is 4.30. The molecule has 0 atom stereocenters. The minimum atomic E-state index is -0.566. The van der Waals surface area contributed by atoms with Gasteiger partial charge in [0.1, 0.15) is 0 Å². The topological polar surface area (TPSA) is 88.9 Å². The molecule has 0 aliphatic rings. The normalized spacial score (nSPS) is 10.5. The number of carbonyl (C=O) groups excluding carboxylic acids is 2. The molecule has 0 fully saturated rings. The van der Waals surface area contributed by atoms with Crippen LogP contribution in [0.2, 0.25) is 5.02 Å². The van der Waals surface area contributed by atoms with Crippen LogP contribution >= 0.6 is 11.6 Å². The van der Waals surface area contributed by atoms with Gasteiger partial charge in [0.25, 0.3) is 11.8 Å². The monoisotopic (exact) mass is 383 g/mol. The Bertz CT molecular complexity index is 1030. The van der Waals surface area contributed by atoms with E-state index in [-0.39, 0.29) is 11.3 Å². The van der Waals surface area contributed by atoms with Gasteiger partial charge in [0.15, 0.2) is 5.69 Å². The predicted molar refractivity (Wildman–Crippen MR) is 102 cm³/mol. The van der Waals surface area contributed by atoms with Gasteiger partial charge in [0, 0.05) is 0 Å². The summed E-state index contributed by atoms with van der Waals surface area (Å²) in [6.07, 6.45) is 0. The Kier molecular flexibility index (Phi) is 5.23. The molecule has 27 heavy (non-hydrogen) atoms. The van der Waals surface area contributed by atoms with E-state index in [9.17, 15) is 9.59 Å². The number of halogens is 1. The maximum atomic E-state index is 12.4. The van der Waals surface area contributed by atoms with Crippen molar-refractivity contribution >= 4 is 23.4 Å². The number of amides is 2. The van der Waals surface area contributed by atoms with E-state index in [1.54, 1.807) is 31.2 Å². The van der Waals surface area contributed by atoms with Crippen molar-refractivity contribution < 1.29 is 9.59 Å². The molecule has 2 aromatic carbocycles. The van der Waals surface area contributed by atoms with Crippen LogP contribution in [0.15, 0.2) is 42.5 Å². The Morgan fingerprint density at radius 2 is 1.67 bits per heavy atom. The van der Waals surface area contributed by atoms with Crippen LogP contribution in [0.4, 0.5) is 0 Å². The van der Waals surface area contributed by atoms with Crippen LogP contribution in [0.3, 0.4) is 0 Å². The number of hydrazine groups is 1. The molecular weight excluding hydrogens is 366 g/mol. The SMILES string of the molecule is Cc1ccc(-n2nc(C)c(C(=O)NNC(=O)c3ccccc3Cl)n2)c(C)c1. The summed E-state index contributed by atoms with van der Waals surface area (Å²) < 4.78 is 0. The minimum absolute atomic E-state index is 0.120. The first kappa shape index (κ1) is 18.6. The molecule has 0 saturated heterocycles. The number of carbonyl (C=O) groups is 2. The van der Waals surface area contributed by atoms with Gasteiger partial charge in [-0.05, 0) is 44.5 Å². The van der Waals surface area contributed by atoms with E-state index >= 15 is 0 Å². The maximum Gasteiger partial charge on any atom is 0.292 e. The Balaban J connectivity index is 1.75. The highest BCUT2D eigenvalue weighted by molar-refractivity contribution is 6.33. The van der Waals surface area contributed by atoms with Crippen molar-refractivity contribution in [2.24, 2.45) is 0 Å². The van der Waals surface area contributed by atoms with E-state index in [1.165, 1.54) is 4.80 Å². The van der Waals surface area contributed by atoms with Crippen molar-refractivity contribution in [2.75, 3.05) is 0 Å². The summed E-state index contributed by atoms with van der Waals surface area (Å²) in [5, 5.41) is 8.85. The largest absolute Gasteiger partial charge is 0.292 e. The second kappa shape index (κ2) is 7.59. The number of hydrogen-bond donors (Lipinski definition) is 2. The summed E-state index contributed by atoms with van der Waals surface area (Å²) in [6, 6.07) is 12.4. The van der Waals surface area contributed by atoms with Crippen molar-refractivity contribution in [1.29, 1.82) is 0 Å². The molecule has 0 bridgehead atoms. The first-order valence-electron chi connectivity index (χ1n) is 8.23. The number of hydrogen-bond acceptors (Lipinski definition) is 4. The van der Waals surface area contributed by atoms with Crippen LogP contribution in [0, 0.1) is 20.8 Å². The Labute approximate surface area is 161 Å². The van der Waals surface area contributed by atoms with Crippen LogP contribution in [0.5, 0.6) is 0 Å². The number of rotatable bonds is 3. The molecular formula is C19H18ClN5O2.